The summed E-state index contributed by atoms with van der Waals surface area (Å²) in [6.07, 6.45) is 2.65. The van der Waals surface area contributed by atoms with Gasteiger partial charge in [0.05, 0.1) is 19.8 Å². The van der Waals surface area contributed by atoms with Crippen LogP contribution in [-0.2, 0) is 4.74 Å². The van der Waals surface area contributed by atoms with E-state index >= 15 is 0 Å². The predicted octanol–water partition coefficient (Wildman–Crippen LogP) is 2.53. The van der Waals surface area contributed by atoms with Crippen LogP contribution in [0.4, 0.5) is 5.69 Å². The van der Waals surface area contributed by atoms with Gasteiger partial charge in [-0.2, -0.15) is 0 Å². The zero-order valence-corrected chi connectivity index (χ0v) is 12.4. The Balaban J connectivity index is 2.26. The van der Waals surface area contributed by atoms with Gasteiger partial charge in [0.1, 0.15) is 5.75 Å². The van der Waals surface area contributed by atoms with Crippen molar-refractivity contribution in [1.29, 1.82) is 0 Å². The number of anilines is 1. The van der Waals surface area contributed by atoms with Crippen molar-refractivity contribution >= 4 is 5.69 Å². The molecule has 0 aromatic heterocycles. The van der Waals surface area contributed by atoms with E-state index in [2.05, 4.69) is 11.0 Å². The first kappa shape index (κ1) is 14.9. The standard InChI is InChI=1S/C16H23NO3/c1-12(18)16-14(5-4-6-15(16)20-3)17-9-7-13(8-10-17)11-19-2/h4-7,12,18H,8-11H2,1-3H3/t12-/m0/s1. The Kier molecular flexibility index (Phi) is 5.04. The van der Waals surface area contributed by atoms with Crippen LogP contribution in [-0.4, -0.2) is 39.0 Å². The van der Waals surface area contributed by atoms with E-state index < -0.39 is 6.10 Å². The Hall–Kier alpha value is -1.52. The van der Waals surface area contributed by atoms with Crippen LogP contribution in [0.25, 0.3) is 0 Å². The van der Waals surface area contributed by atoms with Crippen molar-refractivity contribution in [1.82, 2.24) is 0 Å². The molecular weight excluding hydrogens is 254 g/mol. The number of hydrogen-bond acceptors (Lipinski definition) is 4. The third kappa shape index (κ3) is 3.14. The number of rotatable bonds is 5. The quantitative estimate of drug-likeness (QED) is 0.840. The lowest BCUT2D eigenvalue weighted by Crippen LogP contribution is -2.30. The van der Waals surface area contributed by atoms with Crippen LogP contribution in [0.5, 0.6) is 5.75 Å². The molecule has 1 aliphatic rings. The van der Waals surface area contributed by atoms with Gasteiger partial charge in [-0.15, -0.1) is 0 Å². The zero-order chi connectivity index (χ0) is 14.5. The molecule has 1 heterocycles. The van der Waals surface area contributed by atoms with Gasteiger partial charge in [-0.25, -0.2) is 0 Å². The van der Waals surface area contributed by atoms with Gasteiger partial charge in [0.15, 0.2) is 0 Å². The topological polar surface area (TPSA) is 41.9 Å². The Morgan fingerprint density at radius 1 is 1.35 bits per heavy atom. The molecule has 1 aromatic carbocycles. The average molecular weight is 277 g/mol. The summed E-state index contributed by atoms with van der Waals surface area (Å²) in [7, 11) is 3.36. The van der Waals surface area contributed by atoms with E-state index in [4.69, 9.17) is 9.47 Å². The highest BCUT2D eigenvalue weighted by atomic mass is 16.5. The summed E-state index contributed by atoms with van der Waals surface area (Å²) >= 11 is 0. The Morgan fingerprint density at radius 2 is 2.15 bits per heavy atom. The lowest BCUT2D eigenvalue weighted by atomic mass is 10.0. The van der Waals surface area contributed by atoms with Gasteiger partial charge in [0.2, 0.25) is 0 Å². The summed E-state index contributed by atoms with van der Waals surface area (Å²) < 4.78 is 10.5. The molecule has 2 rings (SSSR count). The number of aliphatic hydroxyl groups is 1. The Morgan fingerprint density at radius 3 is 2.70 bits per heavy atom. The fraction of sp³-hybridized carbons (Fsp3) is 0.500. The van der Waals surface area contributed by atoms with Crippen LogP contribution in [0.15, 0.2) is 29.8 Å². The van der Waals surface area contributed by atoms with Crippen molar-refractivity contribution in [2.24, 2.45) is 0 Å². The van der Waals surface area contributed by atoms with Crippen molar-refractivity contribution in [2.75, 3.05) is 38.8 Å². The molecule has 110 valence electrons. The van der Waals surface area contributed by atoms with Gasteiger partial charge in [-0.1, -0.05) is 12.1 Å². The van der Waals surface area contributed by atoms with Crippen LogP contribution >= 0.6 is 0 Å². The van der Waals surface area contributed by atoms with E-state index in [-0.39, 0.29) is 0 Å². The second-order valence-corrected chi connectivity index (χ2v) is 5.06. The third-order valence-corrected chi connectivity index (χ3v) is 3.65. The van der Waals surface area contributed by atoms with Gasteiger partial charge in [-0.05, 0) is 31.1 Å². The SMILES string of the molecule is COCC1=CCN(c2cccc(OC)c2[C@H](C)O)CC1. The van der Waals surface area contributed by atoms with Crippen molar-refractivity contribution in [3.63, 3.8) is 0 Å². The molecule has 0 unspecified atom stereocenters. The number of nitrogens with zero attached hydrogens (tertiary/aromatic N) is 1. The number of ether oxygens (including phenoxy) is 2. The summed E-state index contributed by atoms with van der Waals surface area (Å²) in [5, 5.41) is 10.0. The van der Waals surface area contributed by atoms with Crippen LogP contribution < -0.4 is 9.64 Å². The van der Waals surface area contributed by atoms with E-state index in [1.807, 2.05) is 18.2 Å². The van der Waals surface area contributed by atoms with E-state index in [0.29, 0.717) is 6.61 Å². The monoisotopic (exact) mass is 277 g/mol. The minimum Gasteiger partial charge on any atom is -0.496 e. The summed E-state index contributed by atoms with van der Waals surface area (Å²) in [6.45, 7) is 4.25. The van der Waals surface area contributed by atoms with Crippen molar-refractivity contribution < 1.29 is 14.6 Å². The maximum atomic E-state index is 10.0. The Bertz CT molecular complexity index is 483. The smallest absolute Gasteiger partial charge is 0.126 e. The fourth-order valence-electron chi connectivity index (χ4n) is 2.65. The number of aliphatic hydroxyl groups excluding tert-OH is 1. The van der Waals surface area contributed by atoms with E-state index in [9.17, 15) is 5.11 Å². The maximum absolute atomic E-state index is 10.0. The van der Waals surface area contributed by atoms with Gasteiger partial charge < -0.3 is 19.5 Å². The second-order valence-electron chi connectivity index (χ2n) is 5.06. The summed E-state index contributed by atoms with van der Waals surface area (Å²) in [5.74, 6) is 0.740. The van der Waals surface area contributed by atoms with Crippen LogP contribution in [0, 0.1) is 0 Å². The third-order valence-electron chi connectivity index (χ3n) is 3.65. The molecule has 0 amide bonds. The molecule has 0 saturated carbocycles. The zero-order valence-electron chi connectivity index (χ0n) is 12.4. The molecule has 1 aliphatic heterocycles. The van der Waals surface area contributed by atoms with Gasteiger partial charge in [0, 0.05) is 31.5 Å². The van der Waals surface area contributed by atoms with Gasteiger partial charge in [0.25, 0.3) is 0 Å². The minimum atomic E-state index is -0.550. The first-order chi connectivity index (χ1) is 9.67. The second kappa shape index (κ2) is 6.77. The number of methoxy groups -OCH3 is 2. The molecule has 0 saturated heterocycles. The highest BCUT2D eigenvalue weighted by Gasteiger charge is 2.20. The molecule has 0 aliphatic carbocycles. The van der Waals surface area contributed by atoms with E-state index in [1.54, 1.807) is 21.1 Å². The fourth-order valence-corrected chi connectivity index (χ4v) is 2.65. The maximum Gasteiger partial charge on any atom is 0.126 e. The highest BCUT2D eigenvalue weighted by molar-refractivity contribution is 5.61. The lowest BCUT2D eigenvalue weighted by molar-refractivity contribution is 0.194. The van der Waals surface area contributed by atoms with E-state index in [1.165, 1.54) is 5.57 Å². The molecular formula is C16H23NO3. The van der Waals surface area contributed by atoms with E-state index in [0.717, 1.165) is 36.5 Å². The normalized spacial score (nSPS) is 16.8. The molecule has 4 nitrogen and oxygen atoms in total. The molecule has 0 spiro atoms. The number of hydrogen-bond donors (Lipinski definition) is 1. The molecule has 1 atom stereocenters. The lowest BCUT2D eigenvalue weighted by Gasteiger charge is -2.31. The number of benzene rings is 1. The molecule has 20 heavy (non-hydrogen) atoms. The minimum absolute atomic E-state index is 0.550. The summed E-state index contributed by atoms with van der Waals surface area (Å²) in [5.41, 5.74) is 3.25. The molecule has 0 fully saturated rings. The summed E-state index contributed by atoms with van der Waals surface area (Å²) in [4.78, 5) is 2.27. The van der Waals surface area contributed by atoms with Gasteiger partial charge >= 0.3 is 0 Å². The van der Waals surface area contributed by atoms with Gasteiger partial charge in [-0.3, -0.25) is 0 Å². The highest BCUT2D eigenvalue weighted by Crippen LogP contribution is 2.35. The van der Waals surface area contributed by atoms with Crippen LogP contribution in [0.2, 0.25) is 0 Å². The molecule has 0 radical (unpaired) electrons. The summed E-state index contributed by atoms with van der Waals surface area (Å²) in [6, 6.07) is 5.90. The molecule has 1 N–H and O–H groups in total. The average Bonchev–Trinajstić information content (AvgIpc) is 2.47. The Labute approximate surface area is 120 Å². The van der Waals surface area contributed by atoms with Crippen molar-refractivity contribution in [3.05, 3.63) is 35.4 Å². The van der Waals surface area contributed by atoms with Crippen LogP contribution in [0.1, 0.15) is 25.0 Å². The van der Waals surface area contributed by atoms with Crippen molar-refractivity contribution in [3.8, 4) is 5.75 Å². The first-order valence-electron chi connectivity index (χ1n) is 6.94. The van der Waals surface area contributed by atoms with Crippen LogP contribution in [0.3, 0.4) is 0 Å². The molecule has 0 bridgehead atoms. The molecule has 4 heteroatoms. The van der Waals surface area contributed by atoms with Crippen molar-refractivity contribution in [2.45, 2.75) is 19.4 Å². The first-order valence-corrected chi connectivity index (χ1v) is 6.94. The molecule has 1 aromatic rings. The predicted molar refractivity (Wildman–Crippen MR) is 80.4 cm³/mol. The largest absolute Gasteiger partial charge is 0.496 e.